The summed E-state index contributed by atoms with van der Waals surface area (Å²) in [7, 11) is 3.70. The molecule has 0 amide bonds. The Hall–Kier alpha value is -1.86. The van der Waals surface area contributed by atoms with E-state index in [1.807, 2.05) is 31.2 Å². The summed E-state index contributed by atoms with van der Waals surface area (Å²) >= 11 is 6.53. The molecule has 0 bridgehead atoms. The van der Waals surface area contributed by atoms with Crippen molar-refractivity contribution in [1.29, 1.82) is 0 Å². The van der Waals surface area contributed by atoms with E-state index in [4.69, 9.17) is 16.3 Å². The number of halogens is 1. The number of aromatic nitrogens is 1. The number of ether oxygens (including phenoxy) is 1. The van der Waals surface area contributed by atoms with Gasteiger partial charge < -0.3 is 19.3 Å². The molecule has 1 aliphatic rings. The molecule has 6 nitrogen and oxygen atoms in total. The van der Waals surface area contributed by atoms with Crippen LogP contribution in [-0.4, -0.2) is 66.4 Å². The number of methoxy groups -OCH3 is 1. The fourth-order valence-electron chi connectivity index (χ4n) is 3.80. The zero-order valence-corrected chi connectivity index (χ0v) is 17.4. The largest absolute Gasteiger partial charge is 0.507 e. The SMILES string of the molecule is COCCn1c(C)cc(O)c([C@@H](c2ccccc2Cl)N2CCN(C)CC2)c1=O. The molecule has 7 heteroatoms. The molecular weight excluding hydrogens is 378 g/mol. The number of benzene rings is 1. The van der Waals surface area contributed by atoms with Crippen molar-refractivity contribution in [3.63, 3.8) is 0 Å². The van der Waals surface area contributed by atoms with Gasteiger partial charge in [0, 0.05) is 50.6 Å². The smallest absolute Gasteiger partial charge is 0.259 e. The monoisotopic (exact) mass is 405 g/mol. The summed E-state index contributed by atoms with van der Waals surface area (Å²) < 4.78 is 6.82. The van der Waals surface area contributed by atoms with Crippen molar-refractivity contribution in [1.82, 2.24) is 14.4 Å². The molecule has 1 aromatic heterocycles. The van der Waals surface area contributed by atoms with Gasteiger partial charge in [-0.1, -0.05) is 29.8 Å². The Labute approximate surface area is 170 Å². The minimum absolute atomic E-state index is 0.0139. The third-order valence-corrected chi connectivity index (χ3v) is 5.76. The fourth-order valence-corrected chi connectivity index (χ4v) is 4.04. The predicted molar refractivity (Wildman–Crippen MR) is 111 cm³/mol. The molecule has 1 fully saturated rings. The van der Waals surface area contributed by atoms with Crippen LogP contribution in [0.2, 0.25) is 5.02 Å². The van der Waals surface area contributed by atoms with Crippen LogP contribution in [0.15, 0.2) is 35.1 Å². The third kappa shape index (κ3) is 4.25. The third-order valence-electron chi connectivity index (χ3n) is 5.42. The van der Waals surface area contributed by atoms with E-state index in [1.165, 1.54) is 0 Å². The first-order valence-electron chi connectivity index (χ1n) is 9.53. The van der Waals surface area contributed by atoms with Gasteiger partial charge in [-0.3, -0.25) is 9.69 Å². The number of hydrogen-bond donors (Lipinski definition) is 1. The maximum absolute atomic E-state index is 13.4. The number of nitrogens with zero attached hydrogens (tertiary/aromatic N) is 3. The van der Waals surface area contributed by atoms with Crippen molar-refractivity contribution in [2.75, 3.05) is 46.9 Å². The number of pyridine rings is 1. The second kappa shape index (κ2) is 9.09. The Morgan fingerprint density at radius 3 is 2.54 bits per heavy atom. The Balaban J connectivity index is 2.15. The summed E-state index contributed by atoms with van der Waals surface area (Å²) in [5.74, 6) is 0.0139. The summed E-state index contributed by atoms with van der Waals surface area (Å²) in [6.45, 7) is 6.05. The highest BCUT2D eigenvalue weighted by molar-refractivity contribution is 6.31. The molecule has 0 radical (unpaired) electrons. The van der Waals surface area contributed by atoms with E-state index in [9.17, 15) is 9.90 Å². The molecule has 3 rings (SSSR count). The van der Waals surface area contributed by atoms with Gasteiger partial charge in [-0.2, -0.15) is 0 Å². The average Bonchev–Trinajstić information content (AvgIpc) is 2.67. The van der Waals surface area contributed by atoms with Crippen LogP contribution in [-0.2, 0) is 11.3 Å². The standard InChI is InChI=1S/C21H28ClN3O3/c1-15-14-18(26)19(21(27)25(15)12-13-28-3)20(16-6-4-5-7-17(16)22)24-10-8-23(2)9-11-24/h4-7,14,20,26H,8-13H2,1-3H3/t20-/m1/s1. The molecule has 1 atom stereocenters. The van der Waals surface area contributed by atoms with E-state index < -0.39 is 6.04 Å². The molecule has 2 aromatic rings. The fraction of sp³-hybridized carbons (Fsp3) is 0.476. The molecule has 1 aliphatic heterocycles. The molecule has 1 N–H and O–H groups in total. The Bertz CT molecular complexity index is 876. The lowest BCUT2D eigenvalue weighted by Crippen LogP contribution is -2.47. The molecule has 0 unspecified atom stereocenters. The van der Waals surface area contributed by atoms with E-state index >= 15 is 0 Å². The number of piperazine rings is 1. The first kappa shape index (κ1) is 20.9. The number of hydrogen-bond acceptors (Lipinski definition) is 5. The molecular formula is C21H28ClN3O3. The van der Waals surface area contributed by atoms with Crippen LogP contribution >= 0.6 is 11.6 Å². The normalized spacial score (nSPS) is 17.0. The van der Waals surface area contributed by atoms with E-state index in [2.05, 4.69) is 16.8 Å². The first-order chi connectivity index (χ1) is 13.4. The lowest BCUT2D eigenvalue weighted by molar-refractivity contribution is 0.125. The van der Waals surface area contributed by atoms with Crippen LogP contribution in [0.5, 0.6) is 5.75 Å². The Morgan fingerprint density at radius 2 is 1.89 bits per heavy atom. The van der Waals surface area contributed by atoms with Crippen molar-refractivity contribution in [3.8, 4) is 5.75 Å². The lowest BCUT2D eigenvalue weighted by Gasteiger charge is -2.38. The van der Waals surface area contributed by atoms with Crippen molar-refractivity contribution in [2.24, 2.45) is 0 Å². The van der Waals surface area contributed by atoms with Crippen LogP contribution < -0.4 is 5.56 Å². The maximum atomic E-state index is 13.4. The van der Waals surface area contributed by atoms with E-state index in [0.717, 1.165) is 31.7 Å². The lowest BCUT2D eigenvalue weighted by atomic mass is 9.96. The van der Waals surface area contributed by atoms with Crippen LogP contribution in [0.25, 0.3) is 0 Å². The molecule has 28 heavy (non-hydrogen) atoms. The highest BCUT2D eigenvalue weighted by Gasteiger charge is 2.32. The van der Waals surface area contributed by atoms with E-state index in [0.29, 0.717) is 29.4 Å². The van der Waals surface area contributed by atoms with Crippen LogP contribution in [0.3, 0.4) is 0 Å². The van der Waals surface area contributed by atoms with Gasteiger partial charge >= 0.3 is 0 Å². The molecule has 0 spiro atoms. The Kier molecular flexibility index (Phi) is 6.78. The minimum Gasteiger partial charge on any atom is -0.507 e. The quantitative estimate of drug-likeness (QED) is 0.800. The zero-order valence-electron chi connectivity index (χ0n) is 16.7. The van der Waals surface area contributed by atoms with E-state index in [-0.39, 0.29) is 11.3 Å². The van der Waals surface area contributed by atoms with Gasteiger partial charge in [0.1, 0.15) is 5.75 Å². The van der Waals surface area contributed by atoms with Crippen LogP contribution in [0.4, 0.5) is 0 Å². The number of aromatic hydroxyl groups is 1. The van der Waals surface area contributed by atoms with Gasteiger partial charge in [-0.15, -0.1) is 0 Å². The molecule has 0 aliphatic carbocycles. The molecule has 152 valence electrons. The molecule has 1 aromatic carbocycles. The van der Waals surface area contributed by atoms with Crippen molar-refractivity contribution < 1.29 is 9.84 Å². The second-order valence-electron chi connectivity index (χ2n) is 7.30. The van der Waals surface area contributed by atoms with Gasteiger partial charge in [0.15, 0.2) is 0 Å². The maximum Gasteiger partial charge on any atom is 0.259 e. The minimum atomic E-state index is -0.399. The highest BCUT2D eigenvalue weighted by Crippen LogP contribution is 2.36. The summed E-state index contributed by atoms with van der Waals surface area (Å²) in [5.41, 5.74) is 1.72. The summed E-state index contributed by atoms with van der Waals surface area (Å²) in [6, 6.07) is 8.81. The van der Waals surface area contributed by atoms with Crippen LogP contribution in [0, 0.1) is 6.92 Å². The van der Waals surface area contributed by atoms with E-state index in [1.54, 1.807) is 17.7 Å². The number of aryl methyl sites for hydroxylation is 1. The molecule has 0 saturated carbocycles. The zero-order chi connectivity index (χ0) is 20.3. The second-order valence-corrected chi connectivity index (χ2v) is 7.70. The predicted octanol–water partition coefficient (Wildman–Crippen LogP) is 2.50. The summed E-state index contributed by atoms with van der Waals surface area (Å²) in [6.07, 6.45) is 0. The van der Waals surface area contributed by atoms with Gasteiger partial charge in [0.2, 0.25) is 0 Å². The van der Waals surface area contributed by atoms with Crippen molar-refractivity contribution in [3.05, 3.63) is 62.5 Å². The first-order valence-corrected chi connectivity index (χ1v) is 9.91. The van der Waals surface area contributed by atoms with Crippen molar-refractivity contribution >= 4 is 11.6 Å². The molecule has 2 heterocycles. The topological polar surface area (TPSA) is 57.9 Å². The average molecular weight is 406 g/mol. The summed E-state index contributed by atoms with van der Waals surface area (Å²) in [4.78, 5) is 17.9. The number of rotatable bonds is 6. The van der Waals surface area contributed by atoms with Gasteiger partial charge in [-0.05, 0) is 31.7 Å². The van der Waals surface area contributed by atoms with Crippen LogP contribution in [0.1, 0.15) is 22.9 Å². The number of likely N-dealkylation sites (N-methyl/N-ethyl adjacent to an activating group) is 1. The highest BCUT2D eigenvalue weighted by atomic mass is 35.5. The van der Waals surface area contributed by atoms with Gasteiger partial charge in [-0.25, -0.2) is 0 Å². The van der Waals surface area contributed by atoms with Crippen molar-refractivity contribution in [2.45, 2.75) is 19.5 Å². The summed E-state index contributed by atoms with van der Waals surface area (Å²) in [5, 5.41) is 11.4. The molecule has 1 saturated heterocycles. The van der Waals surface area contributed by atoms with Gasteiger partial charge in [0.25, 0.3) is 5.56 Å². The van der Waals surface area contributed by atoms with Gasteiger partial charge in [0.05, 0.1) is 18.2 Å². The Morgan fingerprint density at radius 1 is 1.21 bits per heavy atom.